The fraction of sp³-hybridized carbons (Fsp3) is 0.632. The van der Waals surface area contributed by atoms with Gasteiger partial charge in [-0.2, -0.15) is 13.2 Å². The largest absolute Gasteiger partial charge is 0.416 e. The van der Waals surface area contributed by atoms with Gasteiger partial charge in [-0.15, -0.1) is 0 Å². The molecule has 3 nitrogen and oxygen atoms in total. The molecule has 1 aromatic carbocycles. The van der Waals surface area contributed by atoms with Gasteiger partial charge in [-0.3, -0.25) is 9.69 Å². The van der Waals surface area contributed by atoms with Crippen LogP contribution in [0.5, 0.6) is 0 Å². The highest BCUT2D eigenvalue weighted by Gasteiger charge is 2.38. The normalized spacial score (nSPS) is 20.0. The second-order valence-corrected chi connectivity index (χ2v) is 7.49. The highest BCUT2D eigenvalue weighted by molar-refractivity contribution is 5.78. The third-order valence-corrected chi connectivity index (χ3v) is 5.55. The predicted octanol–water partition coefficient (Wildman–Crippen LogP) is 3.73. The van der Waals surface area contributed by atoms with Crippen molar-refractivity contribution in [2.45, 2.75) is 56.2 Å². The summed E-state index contributed by atoms with van der Waals surface area (Å²) in [4.78, 5) is 14.3. The first kappa shape index (κ1) is 18.2. The SMILES string of the molecule is CN(CC(=O)NCC1(c2cccc(C(F)(F)F)c2)CCCC1)C1CC1. The Kier molecular flexibility index (Phi) is 5.09. The maximum atomic E-state index is 13.0. The molecule has 0 atom stereocenters. The quantitative estimate of drug-likeness (QED) is 0.844. The molecule has 138 valence electrons. The summed E-state index contributed by atoms with van der Waals surface area (Å²) in [5.41, 5.74) is -0.304. The van der Waals surface area contributed by atoms with Crippen LogP contribution in [-0.2, 0) is 16.4 Å². The Bertz CT molecular complexity index is 619. The molecule has 2 aliphatic rings. The minimum atomic E-state index is -4.34. The smallest absolute Gasteiger partial charge is 0.354 e. The first-order chi connectivity index (χ1) is 11.8. The zero-order valence-corrected chi connectivity index (χ0v) is 14.5. The van der Waals surface area contributed by atoms with Crippen molar-refractivity contribution in [1.29, 1.82) is 0 Å². The van der Waals surface area contributed by atoms with Gasteiger partial charge in [0.1, 0.15) is 0 Å². The van der Waals surface area contributed by atoms with E-state index in [1.807, 2.05) is 11.9 Å². The van der Waals surface area contributed by atoms with Crippen LogP contribution < -0.4 is 5.32 Å². The Morgan fingerprint density at radius 1 is 1.28 bits per heavy atom. The van der Waals surface area contributed by atoms with Crippen LogP contribution in [0.1, 0.15) is 49.7 Å². The summed E-state index contributed by atoms with van der Waals surface area (Å²) in [6, 6.07) is 6.11. The highest BCUT2D eigenvalue weighted by atomic mass is 19.4. The van der Waals surface area contributed by atoms with Gasteiger partial charge in [-0.25, -0.2) is 0 Å². The molecule has 25 heavy (non-hydrogen) atoms. The van der Waals surface area contributed by atoms with E-state index in [4.69, 9.17) is 0 Å². The molecule has 2 fully saturated rings. The van der Waals surface area contributed by atoms with Crippen molar-refractivity contribution in [2.75, 3.05) is 20.1 Å². The van der Waals surface area contributed by atoms with Crippen LogP contribution in [0.4, 0.5) is 13.2 Å². The van der Waals surface area contributed by atoms with Crippen LogP contribution in [0.2, 0.25) is 0 Å². The van der Waals surface area contributed by atoms with Gasteiger partial charge >= 0.3 is 6.18 Å². The Morgan fingerprint density at radius 2 is 1.96 bits per heavy atom. The third-order valence-electron chi connectivity index (χ3n) is 5.55. The number of hydrogen-bond donors (Lipinski definition) is 1. The first-order valence-electron chi connectivity index (χ1n) is 8.95. The van der Waals surface area contributed by atoms with Gasteiger partial charge in [-0.1, -0.05) is 31.0 Å². The molecule has 0 aliphatic heterocycles. The van der Waals surface area contributed by atoms with Gasteiger partial charge in [0.2, 0.25) is 5.91 Å². The van der Waals surface area contributed by atoms with Crippen molar-refractivity contribution in [3.8, 4) is 0 Å². The highest BCUT2D eigenvalue weighted by Crippen LogP contribution is 2.42. The molecular weight excluding hydrogens is 329 g/mol. The maximum Gasteiger partial charge on any atom is 0.416 e. The van der Waals surface area contributed by atoms with Crippen molar-refractivity contribution < 1.29 is 18.0 Å². The van der Waals surface area contributed by atoms with Crippen LogP contribution in [0, 0.1) is 0 Å². The molecule has 0 heterocycles. The minimum absolute atomic E-state index is 0.0485. The molecule has 2 aliphatic carbocycles. The maximum absolute atomic E-state index is 13.0. The molecule has 3 rings (SSSR count). The Labute approximate surface area is 146 Å². The number of alkyl halides is 3. The molecule has 0 radical (unpaired) electrons. The molecule has 1 aromatic rings. The van der Waals surface area contributed by atoms with Crippen LogP contribution in [0.15, 0.2) is 24.3 Å². The average Bonchev–Trinajstić information content (AvgIpc) is 3.31. The number of nitrogens with zero attached hydrogens (tertiary/aromatic N) is 1. The van der Waals surface area contributed by atoms with Gasteiger partial charge in [-0.05, 0) is 44.4 Å². The number of carbonyl (C=O) groups is 1. The number of carbonyl (C=O) groups excluding carboxylic acids is 1. The molecule has 1 amide bonds. The summed E-state index contributed by atoms with van der Waals surface area (Å²) in [6.07, 6.45) is 1.52. The number of rotatable bonds is 6. The average molecular weight is 354 g/mol. The summed E-state index contributed by atoms with van der Waals surface area (Å²) < 4.78 is 39.1. The standard InChI is InChI=1S/C19H25F3N2O/c1-24(16-7-8-16)12-17(25)23-13-18(9-2-3-10-18)14-5-4-6-15(11-14)19(20,21)22/h4-6,11,16H,2-3,7-10,12-13H2,1H3,(H,23,25). The monoisotopic (exact) mass is 354 g/mol. The molecule has 0 unspecified atom stereocenters. The van der Waals surface area contributed by atoms with Crippen LogP contribution >= 0.6 is 0 Å². The van der Waals surface area contributed by atoms with Gasteiger partial charge in [0, 0.05) is 18.0 Å². The van der Waals surface area contributed by atoms with E-state index in [0.717, 1.165) is 44.6 Å². The van der Waals surface area contributed by atoms with Crippen LogP contribution in [-0.4, -0.2) is 37.0 Å². The number of nitrogens with one attached hydrogen (secondary N) is 1. The number of benzene rings is 1. The number of amides is 1. The predicted molar refractivity (Wildman–Crippen MR) is 90.3 cm³/mol. The van der Waals surface area contributed by atoms with E-state index >= 15 is 0 Å². The van der Waals surface area contributed by atoms with E-state index in [1.165, 1.54) is 12.1 Å². The topological polar surface area (TPSA) is 32.3 Å². The molecule has 6 heteroatoms. The zero-order chi connectivity index (χ0) is 18.1. The van der Waals surface area contributed by atoms with Gasteiger partial charge in [0.05, 0.1) is 12.1 Å². The van der Waals surface area contributed by atoms with E-state index in [1.54, 1.807) is 6.07 Å². The Balaban J connectivity index is 1.70. The fourth-order valence-corrected chi connectivity index (χ4v) is 3.84. The second-order valence-electron chi connectivity index (χ2n) is 7.49. The second kappa shape index (κ2) is 6.98. The lowest BCUT2D eigenvalue weighted by molar-refractivity contribution is -0.137. The number of halogens is 3. The molecule has 0 saturated heterocycles. The lowest BCUT2D eigenvalue weighted by atomic mass is 9.78. The van der Waals surface area contributed by atoms with Crippen molar-refractivity contribution in [3.63, 3.8) is 0 Å². The van der Waals surface area contributed by atoms with E-state index in [9.17, 15) is 18.0 Å². The fourth-order valence-electron chi connectivity index (χ4n) is 3.84. The molecule has 1 N–H and O–H groups in total. The van der Waals surface area contributed by atoms with E-state index in [-0.39, 0.29) is 11.3 Å². The Morgan fingerprint density at radius 3 is 2.56 bits per heavy atom. The summed E-state index contributed by atoms with van der Waals surface area (Å²) in [7, 11) is 1.94. The summed E-state index contributed by atoms with van der Waals surface area (Å²) in [5, 5.41) is 2.97. The van der Waals surface area contributed by atoms with E-state index in [0.29, 0.717) is 24.7 Å². The summed E-state index contributed by atoms with van der Waals surface area (Å²) in [6.45, 7) is 0.759. The zero-order valence-electron chi connectivity index (χ0n) is 14.5. The number of likely N-dealkylation sites (N-methyl/N-ethyl adjacent to an activating group) is 1. The van der Waals surface area contributed by atoms with E-state index in [2.05, 4.69) is 5.32 Å². The van der Waals surface area contributed by atoms with Crippen LogP contribution in [0.3, 0.4) is 0 Å². The van der Waals surface area contributed by atoms with Crippen molar-refractivity contribution in [2.24, 2.45) is 0 Å². The molecule has 0 aromatic heterocycles. The first-order valence-corrected chi connectivity index (χ1v) is 8.95. The van der Waals surface area contributed by atoms with Crippen molar-refractivity contribution in [3.05, 3.63) is 35.4 Å². The molecule has 0 spiro atoms. The third kappa shape index (κ3) is 4.35. The van der Waals surface area contributed by atoms with Gasteiger partial charge in [0.25, 0.3) is 0 Å². The molecule has 2 saturated carbocycles. The van der Waals surface area contributed by atoms with Crippen LogP contribution in [0.25, 0.3) is 0 Å². The lowest BCUT2D eigenvalue weighted by Crippen LogP contribution is -2.43. The van der Waals surface area contributed by atoms with Crippen molar-refractivity contribution >= 4 is 5.91 Å². The van der Waals surface area contributed by atoms with Gasteiger partial charge < -0.3 is 5.32 Å². The lowest BCUT2D eigenvalue weighted by Gasteiger charge is -2.31. The minimum Gasteiger partial charge on any atom is -0.354 e. The van der Waals surface area contributed by atoms with E-state index < -0.39 is 11.7 Å². The summed E-state index contributed by atoms with van der Waals surface area (Å²) >= 11 is 0. The summed E-state index contributed by atoms with van der Waals surface area (Å²) in [5.74, 6) is -0.0485. The van der Waals surface area contributed by atoms with Gasteiger partial charge in [0.15, 0.2) is 0 Å². The van der Waals surface area contributed by atoms with Crippen molar-refractivity contribution in [1.82, 2.24) is 10.2 Å². The molecular formula is C19H25F3N2O. The number of hydrogen-bond acceptors (Lipinski definition) is 2. The molecule has 0 bridgehead atoms. The Hall–Kier alpha value is -1.56.